The van der Waals surface area contributed by atoms with E-state index in [1.165, 1.54) is 17.4 Å². The first-order valence-electron chi connectivity index (χ1n) is 7.26. The second kappa shape index (κ2) is 6.83. The van der Waals surface area contributed by atoms with Crippen LogP contribution in [0.2, 0.25) is 0 Å². The average molecular weight is 332 g/mol. The molecule has 0 unspecified atom stereocenters. The van der Waals surface area contributed by atoms with Crippen LogP contribution in [0.1, 0.15) is 45.0 Å². The Kier molecular flexibility index (Phi) is 5.05. The first-order chi connectivity index (χ1) is 10.8. The predicted octanol–water partition coefficient (Wildman–Crippen LogP) is 3.50. The van der Waals surface area contributed by atoms with Crippen molar-refractivity contribution in [3.8, 4) is 5.75 Å². The molecule has 0 bridgehead atoms. The molecule has 1 aromatic heterocycles. The van der Waals surface area contributed by atoms with Gasteiger partial charge in [-0.3, -0.25) is 9.59 Å². The Bertz CT molecular complexity index is 750. The number of hydrogen-bond acceptors (Lipinski definition) is 4. The monoisotopic (exact) mass is 332 g/mol. The van der Waals surface area contributed by atoms with E-state index in [0.717, 1.165) is 10.4 Å². The Morgan fingerprint density at radius 3 is 2.43 bits per heavy atom. The van der Waals surface area contributed by atoms with Crippen molar-refractivity contribution < 1.29 is 14.3 Å². The summed E-state index contributed by atoms with van der Waals surface area (Å²) >= 11 is 1.53. The summed E-state index contributed by atoms with van der Waals surface area (Å²) in [4.78, 5) is 25.0. The van der Waals surface area contributed by atoms with Gasteiger partial charge < -0.3 is 15.8 Å². The Labute approximate surface area is 139 Å². The number of thiophene rings is 1. The molecule has 5 nitrogen and oxygen atoms in total. The number of carbonyl (C=O) groups is 2. The number of carbonyl (C=O) groups excluding carboxylic acids is 2. The number of anilines is 1. The van der Waals surface area contributed by atoms with E-state index in [9.17, 15) is 9.59 Å². The van der Waals surface area contributed by atoms with Crippen molar-refractivity contribution in [2.45, 2.75) is 33.8 Å². The Morgan fingerprint density at radius 2 is 1.91 bits per heavy atom. The van der Waals surface area contributed by atoms with Gasteiger partial charge in [0, 0.05) is 15.9 Å². The predicted molar refractivity (Wildman–Crippen MR) is 92.5 cm³/mol. The molecule has 23 heavy (non-hydrogen) atoms. The second-order valence-corrected chi connectivity index (χ2v) is 6.61. The van der Waals surface area contributed by atoms with Crippen LogP contribution in [0, 0.1) is 13.8 Å². The van der Waals surface area contributed by atoms with Gasteiger partial charge in [0.2, 0.25) is 0 Å². The highest BCUT2D eigenvalue weighted by Crippen LogP contribution is 2.25. The molecule has 0 aliphatic rings. The van der Waals surface area contributed by atoms with Gasteiger partial charge in [0.25, 0.3) is 11.8 Å². The number of primary amides is 1. The summed E-state index contributed by atoms with van der Waals surface area (Å²) in [5, 5.41) is 4.62. The van der Waals surface area contributed by atoms with E-state index in [1.54, 1.807) is 12.1 Å². The number of nitrogens with one attached hydrogen (secondary N) is 1. The number of nitrogens with two attached hydrogens (primary N) is 1. The molecule has 2 amide bonds. The van der Waals surface area contributed by atoms with Crippen molar-refractivity contribution in [3.05, 3.63) is 45.1 Å². The summed E-state index contributed by atoms with van der Waals surface area (Å²) in [5.74, 6) is -0.396. The summed E-state index contributed by atoms with van der Waals surface area (Å²) < 4.78 is 5.56. The van der Waals surface area contributed by atoms with Crippen LogP contribution in [0.25, 0.3) is 0 Å². The Morgan fingerprint density at radius 1 is 1.22 bits per heavy atom. The van der Waals surface area contributed by atoms with Crippen molar-refractivity contribution in [1.29, 1.82) is 0 Å². The number of aryl methyl sites for hydroxylation is 1. The molecule has 3 N–H and O–H groups in total. The van der Waals surface area contributed by atoms with Crippen molar-refractivity contribution in [2.24, 2.45) is 5.73 Å². The maximum Gasteiger partial charge on any atom is 0.256 e. The molecular weight excluding hydrogens is 312 g/mol. The Hall–Kier alpha value is -2.34. The number of benzene rings is 1. The van der Waals surface area contributed by atoms with Crippen LogP contribution in [-0.2, 0) is 0 Å². The summed E-state index contributed by atoms with van der Waals surface area (Å²) in [7, 11) is 0. The van der Waals surface area contributed by atoms with Crippen molar-refractivity contribution in [2.75, 3.05) is 5.32 Å². The lowest BCUT2D eigenvalue weighted by Gasteiger charge is -2.14. The third-order valence-corrected chi connectivity index (χ3v) is 4.41. The van der Waals surface area contributed by atoms with Crippen LogP contribution in [0.4, 0.5) is 5.69 Å². The first kappa shape index (κ1) is 17.0. The molecular formula is C17H20N2O3S. The van der Waals surface area contributed by atoms with Crippen LogP contribution in [0.15, 0.2) is 23.6 Å². The molecule has 0 saturated heterocycles. The molecule has 122 valence electrons. The average Bonchev–Trinajstić information content (AvgIpc) is 2.80. The third kappa shape index (κ3) is 3.90. The molecule has 1 heterocycles. The van der Waals surface area contributed by atoms with Gasteiger partial charge in [-0.2, -0.15) is 0 Å². The van der Waals surface area contributed by atoms with Gasteiger partial charge in [-0.15, -0.1) is 11.3 Å². The minimum atomic E-state index is -0.598. The molecule has 0 aliphatic heterocycles. The molecule has 0 fully saturated rings. The molecule has 0 atom stereocenters. The largest absolute Gasteiger partial charge is 0.490 e. The lowest BCUT2D eigenvalue weighted by molar-refractivity contribution is 0.0990. The van der Waals surface area contributed by atoms with E-state index in [2.05, 4.69) is 5.32 Å². The van der Waals surface area contributed by atoms with E-state index in [4.69, 9.17) is 10.5 Å². The highest BCUT2D eigenvalue weighted by atomic mass is 32.1. The molecule has 0 saturated carbocycles. The molecule has 2 aromatic rings. The van der Waals surface area contributed by atoms with Crippen LogP contribution < -0.4 is 15.8 Å². The summed E-state index contributed by atoms with van der Waals surface area (Å²) in [6.45, 7) is 7.61. The third-order valence-electron chi connectivity index (χ3n) is 3.40. The molecule has 0 radical (unpaired) electrons. The van der Waals surface area contributed by atoms with E-state index in [-0.39, 0.29) is 17.6 Å². The molecule has 6 heteroatoms. The van der Waals surface area contributed by atoms with Gasteiger partial charge in [0.05, 0.1) is 17.2 Å². The topological polar surface area (TPSA) is 81.4 Å². The maximum atomic E-state index is 12.3. The number of amides is 2. The van der Waals surface area contributed by atoms with Crippen LogP contribution in [-0.4, -0.2) is 17.9 Å². The van der Waals surface area contributed by atoms with Crippen LogP contribution in [0.3, 0.4) is 0 Å². The highest BCUT2D eigenvalue weighted by Gasteiger charge is 2.16. The summed E-state index contributed by atoms with van der Waals surface area (Å²) in [6.07, 6.45) is -0.0787. The van der Waals surface area contributed by atoms with E-state index < -0.39 is 5.91 Å². The first-order valence-corrected chi connectivity index (χ1v) is 8.14. The lowest BCUT2D eigenvalue weighted by Crippen LogP contribution is -2.17. The van der Waals surface area contributed by atoms with Gasteiger partial charge in [-0.05, 0) is 51.5 Å². The second-order valence-electron chi connectivity index (χ2n) is 5.53. The van der Waals surface area contributed by atoms with E-state index >= 15 is 0 Å². The van der Waals surface area contributed by atoms with Gasteiger partial charge in [-0.25, -0.2) is 0 Å². The van der Waals surface area contributed by atoms with Gasteiger partial charge in [0.15, 0.2) is 0 Å². The quantitative estimate of drug-likeness (QED) is 0.879. The minimum absolute atomic E-state index is 0.0787. The summed E-state index contributed by atoms with van der Waals surface area (Å²) in [6, 6.07) is 4.87. The van der Waals surface area contributed by atoms with Crippen molar-refractivity contribution in [1.82, 2.24) is 0 Å². The Balaban J connectivity index is 2.27. The van der Waals surface area contributed by atoms with Crippen molar-refractivity contribution >= 4 is 28.8 Å². The number of hydrogen-bond donors (Lipinski definition) is 2. The zero-order valence-electron chi connectivity index (χ0n) is 13.6. The summed E-state index contributed by atoms with van der Waals surface area (Å²) in [5.41, 5.74) is 7.74. The molecule has 0 aliphatic carbocycles. The van der Waals surface area contributed by atoms with Crippen molar-refractivity contribution in [3.63, 3.8) is 0 Å². The SMILES string of the molecule is Cc1scc(C(=O)Nc2ccc(OC(C)C)c(C(N)=O)c2)c1C. The van der Waals surface area contributed by atoms with Gasteiger partial charge in [0.1, 0.15) is 5.75 Å². The standard InChI is InChI=1S/C17H20N2O3S/c1-9(2)22-15-6-5-12(7-13(15)16(18)20)19-17(21)14-8-23-11(4)10(14)3/h5-9H,1-4H3,(H2,18,20)(H,19,21). The fourth-order valence-corrected chi connectivity index (χ4v) is 2.96. The van der Waals surface area contributed by atoms with Crippen LogP contribution in [0.5, 0.6) is 5.75 Å². The minimum Gasteiger partial charge on any atom is -0.490 e. The normalized spacial score (nSPS) is 10.7. The molecule has 0 spiro atoms. The molecule has 2 rings (SSSR count). The zero-order valence-corrected chi connectivity index (χ0v) is 14.4. The van der Waals surface area contributed by atoms with Gasteiger partial charge in [-0.1, -0.05) is 0 Å². The van der Waals surface area contributed by atoms with E-state index in [0.29, 0.717) is 17.0 Å². The fourth-order valence-electron chi connectivity index (χ4n) is 2.09. The highest BCUT2D eigenvalue weighted by molar-refractivity contribution is 7.10. The zero-order chi connectivity index (χ0) is 17.1. The number of rotatable bonds is 5. The maximum absolute atomic E-state index is 12.3. The van der Waals surface area contributed by atoms with E-state index in [1.807, 2.05) is 33.1 Å². The molecule has 1 aromatic carbocycles. The van der Waals surface area contributed by atoms with Crippen LogP contribution >= 0.6 is 11.3 Å². The van der Waals surface area contributed by atoms with Gasteiger partial charge >= 0.3 is 0 Å². The number of ether oxygens (including phenoxy) is 1. The fraction of sp³-hybridized carbons (Fsp3) is 0.294. The smallest absolute Gasteiger partial charge is 0.256 e. The lowest BCUT2D eigenvalue weighted by atomic mass is 10.1.